The van der Waals surface area contributed by atoms with Gasteiger partial charge in [-0.1, -0.05) is 23.4 Å². The number of hydrogen-bond acceptors (Lipinski definition) is 4. The van der Waals surface area contributed by atoms with Crippen molar-refractivity contribution in [2.75, 3.05) is 5.73 Å². The number of nitrogen functional groups attached to an aromatic ring is 1. The summed E-state index contributed by atoms with van der Waals surface area (Å²) in [5.74, 6) is 0.617. The van der Waals surface area contributed by atoms with E-state index >= 15 is 0 Å². The molecular formula is C15H12FN3O. The molecular weight excluding hydrogens is 257 g/mol. The van der Waals surface area contributed by atoms with Crippen LogP contribution in [0, 0.1) is 5.82 Å². The van der Waals surface area contributed by atoms with Gasteiger partial charge in [-0.05, 0) is 35.9 Å². The average Bonchev–Trinajstić information content (AvgIpc) is 2.91. The van der Waals surface area contributed by atoms with Gasteiger partial charge in [-0.3, -0.25) is 0 Å². The molecule has 3 rings (SSSR count). The minimum Gasteiger partial charge on any atom is -0.398 e. The van der Waals surface area contributed by atoms with Gasteiger partial charge in [0.1, 0.15) is 5.82 Å². The highest BCUT2D eigenvalue weighted by Crippen LogP contribution is 2.19. The van der Waals surface area contributed by atoms with Gasteiger partial charge in [0, 0.05) is 11.3 Å². The molecule has 0 saturated carbocycles. The van der Waals surface area contributed by atoms with E-state index in [-0.39, 0.29) is 5.82 Å². The van der Waals surface area contributed by atoms with Crippen LogP contribution in [0.5, 0.6) is 0 Å². The highest BCUT2D eigenvalue weighted by Gasteiger charge is 2.10. The summed E-state index contributed by atoms with van der Waals surface area (Å²) in [7, 11) is 0. The van der Waals surface area contributed by atoms with Crippen molar-refractivity contribution in [1.82, 2.24) is 10.1 Å². The van der Waals surface area contributed by atoms with E-state index in [0.29, 0.717) is 29.4 Å². The lowest BCUT2D eigenvalue weighted by Crippen LogP contribution is -1.95. The third-order valence-corrected chi connectivity index (χ3v) is 2.97. The third-order valence-electron chi connectivity index (χ3n) is 2.97. The fraction of sp³-hybridized carbons (Fsp3) is 0.0667. The molecule has 0 fully saturated rings. The Hall–Kier alpha value is -2.69. The molecule has 2 aromatic carbocycles. The van der Waals surface area contributed by atoms with Crippen molar-refractivity contribution in [1.29, 1.82) is 0 Å². The van der Waals surface area contributed by atoms with Crippen LogP contribution >= 0.6 is 0 Å². The van der Waals surface area contributed by atoms with E-state index in [9.17, 15) is 4.39 Å². The quantitative estimate of drug-likeness (QED) is 0.742. The van der Waals surface area contributed by atoms with Gasteiger partial charge in [-0.15, -0.1) is 0 Å². The second-order valence-electron chi connectivity index (χ2n) is 4.39. The first kappa shape index (κ1) is 12.3. The second-order valence-corrected chi connectivity index (χ2v) is 4.39. The minimum absolute atomic E-state index is 0.297. The minimum atomic E-state index is -0.297. The van der Waals surface area contributed by atoms with Crippen molar-refractivity contribution in [3.63, 3.8) is 0 Å². The molecule has 0 radical (unpaired) electrons. The van der Waals surface area contributed by atoms with Gasteiger partial charge in [0.15, 0.2) is 0 Å². The maximum Gasteiger partial charge on any atom is 0.231 e. The number of benzene rings is 2. The van der Waals surface area contributed by atoms with E-state index in [1.807, 2.05) is 24.3 Å². The van der Waals surface area contributed by atoms with Crippen LogP contribution in [0.4, 0.5) is 10.1 Å². The van der Waals surface area contributed by atoms with Crippen LogP contribution in [0.3, 0.4) is 0 Å². The Kier molecular flexibility index (Phi) is 3.16. The Bertz CT molecular complexity index is 722. The number of anilines is 1. The number of halogens is 1. The zero-order chi connectivity index (χ0) is 13.9. The molecule has 4 nitrogen and oxygen atoms in total. The summed E-state index contributed by atoms with van der Waals surface area (Å²) < 4.78 is 18.1. The first-order valence-corrected chi connectivity index (χ1v) is 6.14. The maximum atomic E-state index is 12.9. The molecule has 1 heterocycles. The van der Waals surface area contributed by atoms with Gasteiger partial charge in [-0.25, -0.2) is 4.39 Å². The van der Waals surface area contributed by atoms with E-state index in [1.54, 1.807) is 12.1 Å². The molecule has 100 valence electrons. The van der Waals surface area contributed by atoms with Crippen molar-refractivity contribution in [2.24, 2.45) is 0 Å². The summed E-state index contributed by atoms with van der Waals surface area (Å²) in [6.07, 6.45) is 0.473. The molecule has 5 heteroatoms. The van der Waals surface area contributed by atoms with E-state index in [0.717, 1.165) is 5.56 Å². The first-order valence-electron chi connectivity index (χ1n) is 6.14. The Labute approximate surface area is 115 Å². The Morgan fingerprint density at radius 3 is 2.55 bits per heavy atom. The van der Waals surface area contributed by atoms with E-state index < -0.39 is 0 Å². The molecule has 0 spiro atoms. The monoisotopic (exact) mass is 269 g/mol. The van der Waals surface area contributed by atoms with Crippen LogP contribution in [-0.4, -0.2) is 10.1 Å². The fourth-order valence-corrected chi connectivity index (χ4v) is 1.90. The molecule has 2 N–H and O–H groups in total. The molecule has 0 aliphatic carbocycles. The molecule has 0 unspecified atom stereocenters. The van der Waals surface area contributed by atoms with Crippen LogP contribution in [0.25, 0.3) is 11.4 Å². The Morgan fingerprint density at radius 2 is 1.80 bits per heavy atom. The largest absolute Gasteiger partial charge is 0.398 e. The summed E-state index contributed by atoms with van der Waals surface area (Å²) in [4.78, 5) is 4.29. The molecule has 3 aromatic rings. The normalized spacial score (nSPS) is 10.7. The van der Waals surface area contributed by atoms with E-state index in [1.165, 1.54) is 12.1 Å². The summed E-state index contributed by atoms with van der Waals surface area (Å²) in [5.41, 5.74) is 8.20. The molecule has 20 heavy (non-hydrogen) atoms. The summed E-state index contributed by atoms with van der Waals surface area (Å²) in [5, 5.41) is 3.89. The van der Waals surface area contributed by atoms with E-state index in [4.69, 9.17) is 10.3 Å². The smallest absolute Gasteiger partial charge is 0.231 e. The summed E-state index contributed by atoms with van der Waals surface area (Å²) in [6.45, 7) is 0. The van der Waals surface area contributed by atoms with Gasteiger partial charge < -0.3 is 10.3 Å². The lowest BCUT2D eigenvalue weighted by atomic mass is 10.1. The van der Waals surface area contributed by atoms with Crippen molar-refractivity contribution >= 4 is 5.69 Å². The standard InChI is InChI=1S/C15H12FN3O/c16-12-7-5-10(6-8-12)15-18-14(20-19-15)9-11-3-1-2-4-13(11)17/h1-8H,9,17H2. The lowest BCUT2D eigenvalue weighted by molar-refractivity contribution is 0.386. The van der Waals surface area contributed by atoms with Crippen molar-refractivity contribution in [3.8, 4) is 11.4 Å². The SMILES string of the molecule is Nc1ccccc1Cc1nc(-c2ccc(F)cc2)no1. The van der Waals surface area contributed by atoms with Gasteiger partial charge in [0.2, 0.25) is 11.7 Å². The zero-order valence-corrected chi connectivity index (χ0v) is 10.6. The van der Waals surface area contributed by atoms with Crippen LogP contribution in [0.1, 0.15) is 11.5 Å². The fourth-order valence-electron chi connectivity index (χ4n) is 1.90. The van der Waals surface area contributed by atoms with Gasteiger partial charge in [-0.2, -0.15) is 4.98 Å². The number of hydrogen-bond donors (Lipinski definition) is 1. The maximum absolute atomic E-state index is 12.9. The van der Waals surface area contributed by atoms with Gasteiger partial charge in [0.05, 0.1) is 6.42 Å². The van der Waals surface area contributed by atoms with Crippen LogP contribution in [0.15, 0.2) is 53.1 Å². The summed E-state index contributed by atoms with van der Waals surface area (Å²) in [6, 6.07) is 13.5. The molecule has 0 bridgehead atoms. The number of rotatable bonds is 3. The summed E-state index contributed by atoms with van der Waals surface area (Å²) >= 11 is 0. The van der Waals surface area contributed by atoms with Crippen molar-refractivity contribution < 1.29 is 8.91 Å². The lowest BCUT2D eigenvalue weighted by Gasteiger charge is -2.00. The van der Waals surface area contributed by atoms with Crippen molar-refractivity contribution in [3.05, 3.63) is 65.8 Å². The van der Waals surface area contributed by atoms with Crippen molar-refractivity contribution in [2.45, 2.75) is 6.42 Å². The number of aromatic nitrogens is 2. The number of para-hydroxylation sites is 1. The Morgan fingerprint density at radius 1 is 1.05 bits per heavy atom. The van der Waals surface area contributed by atoms with Gasteiger partial charge in [0.25, 0.3) is 0 Å². The predicted molar refractivity (Wildman–Crippen MR) is 73.4 cm³/mol. The number of nitrogens with zero attached hydrogens (tertiary/aromatic N) is 2. The van der Waals surface area contributed by atoms with E-state index in [2.05, 4.69) is 10.1 Å². The van der Waals surface area contributed by atoms with Crippen LogP contribution < -0.4 is 5.73 Å². The highest BCUT2D eigenvalue weighted by atomic mass is 19.1. The molecule has 0 saturated heterocycles. The molecule has 1 aromatic heterocycles. The first-order chi connectivity index (χ1) is 9.72. The Balaban J connectivity index is 1.84. The topological polar surface area (TPSA) is 64.9 Å². The highest BCUT2D eigenvalue weighted by molar-refractivity contribution is 5.54. The molecule has 0 atom stereocenters. The third kappa shape index (κ3) is 2.51. The second kappa shape index (κ2) is 5.13. The molecule has 0 amide bonds. The van der Waals surface area contributed by atoms with Gasteiger partial charge >= 0.3 is 0 Å². The molecule has 0 aliphatic heterocycles. The average molecular weight is 269 g/mol. The number of nitrogens with two attached hydrogens (primary N) is 1. The molecule has 0 aliphatic rings. The van der Waals surface area contributed by atoms with Crippen LogP contribution in [-0.2, 0) is 6.42 Å². The predicted octanol–water partition coefficient (Wildman–Crippen LogP) is 3.05. The zero-order valence-electron chi connectivity index (χ0n) is 10.6. The van der Waals surface area contributed by atoms with Crippen LogP contribution in [0.2, 0.25) is 0 Å².